The smallest absolute Gasteiger partial charge is 0.254 e. The molecule has 0 bridgehead atoms. The number of fused-ring (bicyclic) bond motifs is 1. The molecule has 1 aliphatic rings. The Kier molecular flexibility index (Phi) is 2.03. The highest BCUT2D eigenvalue weighted by molar-refractivity contribution is 6.06. The van der Waals surface area contributed by atoms with E-state index in [-0.39, 0.29) is 5.91 Å². The average molecular weight is 230 g/mol. The maximum absolute atomic E-state index is 12.2. The topological polar surface area (TPSA) is 56.3 Å². The summed E-state index contributed by atoms with van der Waals surface area (Å²) in [4.78, 5) is 17.0. The molecule has 4 nitrogen and oxygen atoms in total. The van der Waals surface area contributed by atoms with Gasteiger partial charge < -0.3 is 15.0 Å². The van der Waals surface area contributed by atoms with Gasteiger partial charge in [-0.15, -0.1) is 0 Å². The Morgan fingerprint density at radius 1 is 1.41 bits per heavy atom. The van der Waals surface area contributed by atoms with Gasteiger partial charge in [0.05, 0.1) is 18.7 Å². The normalized spacial score (nSPS) is 18.1. The Bertz CT molecular complexity index is 578. The fourth-order valence-corrected chi connectivity index (χ4v) is 2.36. The van der Waals surface area contributed by atoms with E-state index >= 15 is 0 Å². The number of likely N-dealkylation sites (tertiary alicyclic amines) is 1. The number of aromatic amines is 1. The lowest BCUT2D eigenvalue weighted by atomic mass is 9.95. The molecular weight excluding hydrogens is 216 g/mol. The summed E-state index contributed by atoms with van der Waals surface area (Å²) in [7, 11) is 0. The van der Waals surface area contributed by atoms with Gasteiger partial charge in [0.15, 0.2) is 0 Å². The zero-order valence-electron chi connectivity index (χ0n) is 9.60. The van der Waals surface area contributed by atoms with Crippen LogP contribution in [0.2, 0.25) is 0 Å². The van der Waals surface area contributed by atoms with E-state index in [1.54, 1.807) is 11.8 Å². The second-order valence-electron chi connectivity index (χ2n) is 4.90. The SMILES string of the molecule is CC1(O)CN(C(=O)c2cccc3[nH]ccc23)C1. The van der Waals surface area contributed by atoms with Gasteiger partial charge in [0.1, 0.15) is 0 Å². The number of hydrogen-bond acceptors (Lipinski definition) is 2. The summed E-state index contributed by atoms with van der Waals surface area (Å²) in [5.41, 5.74) is 0.934. The second-order valence-corrected chi connectivity index (χ2v) is 4.90. The van der Waals surface area contributed by atoms with Crippen molar-refractivity contribution in [2.24, 2.45) is 0 Å². The molecule has 88 valence electrons. The predicted molar refractivity (Wildman–Crippen MR) is 64.8 cm³/mol. The summed E-state index contributed by atoms with van der Waals surface area (Å²) in [6.45, 7) is 2.56. The maximum atomic E-state index is 12.2. The summed E-state index contributed by atoms with van der Waals surface area (Å²) in [5, 5.41) is 10.6. The van der Waals surface area contributed by atoms with E-state index in [0.29, 0.717) is 18.7 Å². The van der Waals surface area contributed by atoms with E-state index in [4.69, 9.17) is 0 Å². The van der Waals surface area contributed by atoms with Crippen molar-refractivity contribution in [3.63, 3.8) is 0 Å². The first-order valence-electron chi connectivity index (χ1n) is 5.65. The first-order valence-corrected chi connectivity index (χ1v) is 5.65. The molecule has 1 amide bonds. The van der Waals surface area contributed by atoms with Crippen LogP contribution in [0.5, 0.6) is 0 Å². The fourth-order valence-electron chi connectivity index (χ4n) is 2.36. The van der Waals surface area contributed by atoms with Crippen LogP contribution >= 0.6 is 0 Å². The lowest BCUT2D eigenvalue weighted by molar-refractivity contribution is -0.0668. The van der Waals surface area contributed by atoms with E-state index in [1.807, 2.05) is 30.5 Å². The minimum absolute atomic E-state index is 0.0123. The second kappa shape index (κ2) is 3.34. The molecule has 17 heavy (non-hydrogen) atoms. The largest absolute Gasteiger partial charge is 0.386 e. The summed E-state index contributed by atoms with van der Waals surface area (Å²) in [5.74, 6) is -0.0123. The highest BCUT2D eigenvalue weighted by atomic mass is 16.3. The molecule has 1 fully saturated rings. The van der Waals surface area contributed by atoms with Crippen LogP contribution in [0.1, 0.15) is 17.3 Å². The highest BCUT2D eigenvalue weighted by Gasteiger charge is 2.39. The molecule has 4 heteroatoms. The van der Waals surface area contributed by atoms with Crippen LogP contribution in [0.15, 0.2) is 30.5 Å². The van der Waals surface area contributed by atoms with E-state index in [0.717, 1.165) is 10.9 Å². The quantitative estimate of drug-likeness (QED) is 0.777. The molecule has 1 saturated heterocycles. The zero-order valence-corrected chi connectivity index (χ0v) is 9.60. The molecule has 1 aromatic carbocycles. The number of aliphatic hydroxyl groups is 1. The van der Waals surface area contributed by atoms with Crippen molar-refractivity contribution in [1.82, 2.24) is 9.88 Å². The Morgan fingerprint density at radius 3 is 2.88 bits per heavy atom. The zero-order chi connectivity index (χ0) is 12.0. The van der Waals surface area contributed by atoms with Crippen molar-refractivity contribution in [3.8, 4) is 0 Å². The minimum atomic E-state index is -0.721. The first-order chi connectivity index (χ1) is 8.07. The van der Waals surface area contributed by atoms with Crippen LogP contribution in [-0.2, 0) is 0 Å². The van der Waals surface area contributed by atoms with Gasteiger partial charge >= 0.3 is 0 Å². The molecule has 0 atom stereocenters. The molecule has 0 radical (unpaired) electrons. The van der Waals surface area contributed by atoms with Crippen molar-refractivity contribution in [2.45, 2.75) is 12.5 Å². The first kappa shape index (κ1) is 10.4. The Morgan fingerprint density at radius 2 is 2.18 bits per heavy atom. The van der Waals surface area contributed by atoms with Crippen LogP contribution in [0.25, 0.3) is 10.9 Å². The highest BCUT2D eigenvalue weighted by Crippen LogP contribution is 2.25. The third-order valence-corrected chi connectivity index (χ3v) is 3.18. The molecule has 2 heterocycles. The van der Waals surface area contributed by atoms with Gasteiger partial charge in [-0.25, -0.2) is 0 Å². The Labute approximate surface area is 98.9 Å². The van der Waals surface area contributed by atoms with Crippen molar-refractivity contribution >= 4 is 16.8 Å². The summed E-state index contributed by atoms with van der Waals surface area (Å²) < 4.78 is 0. The molecule has 0 spiro atoms. The molecule has 0 unspecified atom stereocenters. The molecule has 1 aromatic heterocycles. The maximum Gasteiger partial charge on any atom is 0.254 e. The van der Waals surface area contributed by atoms with Crippen LogP contribution in [0, 0.1) is 0 Å². The van der Waals surface area contributed by atoms with Crippen molar-refractivity contribution in [2.75, 3.05) is 13.1 Å². The van der Waals surface area contributed by atoms with Gasteiger partial charge in [-0.2, -0.15) is 0 Å². The predicted octanol–water partition coefficient (Wildman–Crippen LogP) is 1.37. The van der Waals surface area contributed by atoms with Crippen LogP contribution < -0.4 is 0 Å². The van der Waals surface area contributed by atoms with E-state index < -0.39 is 5.60 Å². The van der Waals surface area contributed by atoms with Gasteiger partial charge in [0.25, 0.3) is 5.91 Å². The van der Waals surface area contributed by atoms with Crippen molar-refractivity contribution in [1.29, 1.82) is 0 Å². The van der Waals surface area contributed by atoms with Gasteiger partial charge in [-0.3, -0.25) is 4.79 Å². The number of H-pyrrole nitrogens is 1. The third-order valence-electron chi connectivity index (χ3n) is 3.18. The lowest BCUT2D eigenvalue weighted by Crippen LogP contribution is -2.61. The molecule has 1 aliphatic heterocycles. The van der Waals surface area contributed by atoms with Gasteiger partial charge in [0, 0.05) is 22.7 Å². The Hall–Kier alpha value is -1.81. The molecule has 0 aliphatic carbocycles. The molecular formula is C13H14N2O2. The molecule has 2 N–H and O–H groups in total. The lowest BCUT2D eigenvalue weighted by Gasteiger charge is -2.44. The van der Waals surface area contributed by atoms with E-state index in [2.05, 4.69) is 4.98 Å². The third kappa shape index (κ3) is 1.61. The average Bonchev–Trinajstić information content (AvgIpc) is 2.72. The molecule has 2 aromatic rings. The van der Waals surface area contributed by atoms with Crippen molar-refractivity contribution < 1.29 is 9.90 Å². The van der Waals surface area contributed by atoms with Crippen molar-refractivity contribution in [3.05, 3.63) is 36.0 Å². The summed E-state index contributed by atoms with van der Waals surface area (Å²) in [6, 6.07) is 7.54. The number of amides is 1. The summed E-state index contributed by atoms with van der Waals surface area (Å²) >= 11 is 0. The molecule has 3 rings (SSSR count). The van der Waals surface area contributed by atoms with Gasteiger partial charge in [-0.05, 0) is 25.1 Å². The number of rotatable bonds is 1. The Balaban J connectivity index is 1.94. The number of β-amino-alcohol motifs (C(OH)–C–C–N with tert-alkyl or cyclic N) is 1. The van der Waals surface area contributed by atoms with Crippen LogP contribution in [0.3, 0.4) is 0 Å². The monoisotopic (exact) mass is 230 g/mol. The standard InChI is InChI=1S/C13H14N2O2/c1-13(17)7-15(8-13)12(16)10-3-2-4-11-9(10)5-6-14-11/h2-6,14,17H,7-8H2,1H3. The van der Waals surface area contributed by atoms with E-state index in [1.165, 1.54) is 0 Å². The van der Waals surface area contributed by atoms with Gasteiger partial charge in [0.2, 0.25) is 0 Å². The number of nitrogens with zero attached hydrogens (tertiary/aromatic N) is 1. The van der Waals surface area contributed by atoms with Crippen LogP contribution in [0.4, 0.5) is 0 Å². The summed E-state index contributed by atoms with van der Waals surface area (Å²) in [6.07, 6.45) is 1.83. The number of hydrogen-bond donors (Lipinski definition) is 2. The number of nitrogens with one attached hydrogen (secondary N) is 1. The fraction of sp³-hybridized carbons (Fsp3) is 0.308. The minimum Gasteiger partial charge on any atom is -0.386 e. The number of carbonyl (C=O) groups is 1. The number of carbonyl (C=O) groups excluding carboxylic acids is 1. The van der Waals surface area contributed by atoms with Gasteiger partial charge in [-0.1, -0.05) is 6.07 Å². The number of aromatic nitrogens is 1. The van der Waals surface area contributed by atoms with Crippen LogP contribution in [-0.4, -0.2) is 39.6 Å². The molecule has 0 saturated carbocycles. The number of benzene rings is 1. The van der Waals surface area contributed by atoms with E-state index in [9.17, 15) is 9.90 Å².